The summed E-state index contributed by atoms with van der Waals surface area (Å²) in [4.78, 5) is 9.25. The molecule has 3 nitrogen and oxygen atoms in total. The van der Waals surface area contributed by atoms with Crippen molar-refractivity contribution in [3.63, 3.8) is 0 Å². The van der Waals surface area contributed by atoms with Crippen molar-refractivity contribution in [2.24, 2.45) is 0 Å². The van der Waals surface area contributed by atoms with E-state index in [0.29, 0.717) is 5.82 Å². The van der Waals surface area contributed by atoms with Gasteiger partial charge in [0, 0.05) is 7.05 Å². The van der Waals surface area contributed by atoms with E-state index >= 15 is 0 Å². The van der Waals surface area contributed by atoms with E-state index in [1.54, 1.807) is 7.05 Å². The van der Waals surface area contributed by atoms with E-state index in [4.69, 9.17) is 0 Å². The van der Waals surface area contributed by atoms with Crippen LogP contribution in [0.1, 0.15) is 0 Å². The van der Waals surface area contributed by atoms with E-state index in [1.165, 1.54) is 11.3 Å². The molecule has 0 saturated carbocycles. The summed E-state index contributed by atoms with van der Waals surface area (Å²) in [5.74, 6) is -0.280. The Bertz CT molecular complexity index is 755. The number of hydrogen-bond acceptors (Lipinski definition) is 4. The summed E-state index contributed by atoms with van der Waals surface area (Å²) in [7, 11) is 1.73. The molecule has 2 heterocycles. The molecule has 0 aliphatic carbocycles. The molecule has 0 atom stereocenters. The van der Waals surface area contributed by atoms with Crippen molar-refractivity contribution >= 4 is 27.4 Å². The monoisotopic (exact) mass is 277 g/mol. The van der Waals surface area contributed by atoms with Gasteiger partial charge in [0.15, 0.2) is 5.82 Å². The second-order valence-electron chi connectivity index (χ2n) is 3.91. The molecule has 6 heteroatoms. The molecule has 19 heavy (non-hydrogen) atoms. The molecule has 0 saturated heterocycles. The van der Waals surface area contributed by atoms with E-state index in [2.05, 4.69) is 15.3 Å². The number of benzene rings is 1. The summed E-state index contributed by atoms with van der Waals surface area (Å²) >= 11 is 1.43. The molecule has 1 aromatic carbocycles. The Labute approximate surface area is 111 Å². The molecule has 0 unspecified atom stereocenters. The van der Waals surface area contributed by atoms with Gasteiger partial charge in [0.25, 0.3) is 0 Å². The Balaban J connectivity index is 2.27. The third-order valence-electron chi connectivity index (χ3n) is 2.73. The van der Waals surface area contributed by atoms with E-state index in [0.717, 1.165) is 28.4 Å². The highest BCUT2D eigenvalue weighted by atomic mass is 32.1. The quantitative estimate of drug-likeness (QED) is 0.776. The standard InChI is InChI=1S/C13H9F2N3S/c1-16-11-8-4-5-19-13(8)18-12(17-11)9-6-7(14)2-3-10(9)15/h2-6H,1H3,(H,16,17,18). The summed E-state index contributed by atoms with van der Waals surface area (Å²) in [6.07, 6.45) is 0. The van der Waals surface area contributed by atoms with Gasteiger partial charge in [-0.15, -0.1) is 11.3 Å². The predicted octanol–water partition coefficient (Wildman–Crippen LogP) is 3.68. The highest BCUT2D eigenvalue weighted by molar-refractivity contribution is 7.16. The minimum absolute atomic E-state index is 0.0619. The van der Waals surface area contributed by atoms with Gasteiger partial charge in [-0.05, 0) is 29.6 Å². The molecule has 2 aromatic heterocycles. The molecule has 3 aromatic rings. The van der Waals surface area contributed by atoms with Gasteiger partial charge in [-0.3, -0.25) is 0 Å². The van der Waals surface area contributed by atoms with Crippen LogP contribution in [-0.2, 0) is 0 Å². The minimum Gasteiger partial charge on any atom is -0.372 e. The first kappa shape index (κ1) is 12.0. The third-order valence-corrected chi connectivity index (χ3v) is 3.54. The average molecular weight is 277 g/mol. The fourth-order valence-corrected chi connectivity index (χ4v) is 2.60. The van der Waals surface area contributed by atoms with Gasteiger partial charge >= 0.3 is 0 Å². The number of aromatic nitrogens is 2. The number of halogens is 2. The van der Waals surface area contributed by atoms with E-state index in [9.17, 15) is 8.78 Å². The maximum atomic E-state index is 13.8. The zero-order valence-electron chi connectivity index (χ0n) is 9.95. The molecule has 0 aliphatic heterocycles. The molecule has 0 radical (unpaired) electrons. The van der Waals surface area contributed by atoms with Gasteiger partial charge in [-0.2, -0.15) is 0 Å². The maximum absolute atomic E-state index is 13.8. The number of anilines is 1. The van der Waals surface area contributed by atoms with Crippen LogP contribution in [0.5, 0.6) is 0 Å². The van der Waals surface area contributed by atoms with Crippen molar-refractivity contribution in [1.29, 1.82) is 0 Å². The van der Waals surface area contributed by atoms with Crippen LogP contribution in [0.2, 0.25) is 0 Å². The summed E-state index contributed by atoms with van der Waals surface area (Å²) in [6, 6.07) is 5.13. The van der Waals surface area contributed by atoms with Crippen molar-refractivity contribution in [3.8, 4) is 11.4 Å². The number of hydrogen-bond donors (Lipinski definition) is 1. The third kappa shape index (κ3) is 2.04. The molecule has 0 aliphatic rings. The Morgan fingerprint density at radius 1 is 1.16 bits per heavy atom. The van der Waals surface area contributed by atoms with E-state index < -0.39 is 11.6 Å². The zero-order valence-corrected chi connectivity index (χ0v) is 10.8. The van der Waals surface area contributed by atoms with Gasteiger partial charge in [-0.1, -0.05) is 0 Å². The van der Waals surface area contributed by atoms with Gasteiger partial charge in [0.2, 0.25) is 0 Å². The van der Waals surface area contributed by atoms with Gasteiger partial charge in [-0.25, -0.2) is 18.7 Å². The van der Waals surface area contributed by atoms with Crippen molar-refractivity contribution in [2.75, 3.05) is 12.4 Å². The topological polar surface area (TPSA) is 37.8 Å². The van der Waals surface area contributed by atoms with Gasteiger partial charge in [0.05, 0.1) is 10.9 Å². The SMILES string of the molecule is CNc1nc(-c2cc(F)ccc2F)nc2sccc12. The van der Waals surface area contributed by atoms with Crippen LogP contribution >= 0.6 is 11.3 Å². The number of nitrogens with one attached hydrogen (secondary N) is 1. The van der Waals surface area contributed by atoms with Crippen LogP contribution < -0.4 is 5.32 Å². The molecule has 3 rings (SSSR count). The van der Waals surface area contributed by atoms with Crippen molar-refractivity contribution in [3.05, 3.63) is 41.3 Å². The first-order valence-electron chi connectivity index (χ1n) is 5.57. The Morgan fingerprint density at radius 3 is 2.79 bits per heavy atom. The highest BCUT2D eigenvalue weighted by Gasteiger charge is 2.13. The molecule has 0 fully saturated rings. The van der Waals surface area contributed by atoms with E-state index in [1.807, 2.05) is 11.4 Å². The second-order valence-corrected chi connectivity index (χ2v) is 4.80. The highest BCUT2D eigenvalue weighted by Crippen LogP contribution is 2.29. The van der Waals surface area contributed by atoms with Gasteiger partial charge < -0.3 is 5.32 Å². The van der Waals surface area contributed by atoms with Crippen LogP contribution in [0.4, 0.5) is 14.6 Å². The first-order chi connectivity index (χ1) is 9.19. The fraction of sp³-hybridized carbons (Fsp3) is 0.0769. The van der Waals surface area contributed by atoms with Crippen molar-refractivity contribution < 1.29 is 8.78 Å². The Morgan fingerprint density at radius 2 is 2.00 bits per heavy atom. The summed E-state index contributed by atoms with van der Waals surface area (Å²) in [5.41, 5.74) is 0.0619. The predicted molar refractivity (Wildman–Crippen MR) is 72.3 cm³/mol. The second kappa shape index (κ2) is 4.55. The molecule has 0 amide bonds. The van der Waals surface area contributed by atoms with Crippen LogP contribution in [0, 0.1) is 11.6 Å². The lowest BCUT2D eigenvalue weighted by atomic mass is 10.2. The van der Waals surface area contributed by atoms with Crippen molar-refractivity contribution in [2.45, 2.75) is 0 Å². The number of nitrogens with zero attached hydrogens (tertiary/aromatic N) is 2. The smallest absolute Gasteiger partial charge is 0.166 e. The molecule has 0 spiro atoms. The number of fused-ring (bicyclic) bond motifs is 1. The summed E-state index contributed by atoms with van der Waals surface area (Å²) in [5, 5.41) is 5.69. The van der Waals surface area contributed by atoms with Gasteiger partial charge in [0.1, 0.15) is 22.3 Å². The largest absolute Gasteiger partial charge is 0.372 e. The number of thiophene rings is 1. The fourth-order valence-electron chi connectivity index (χ4n) is 1.84. The summed E-state index contributed by atoms with van der Waals surface area (Å²) < 4.78 is 27.0. The lowest BCUT2D eigenvalue weighted by Crippen LogP contribution is -1.98. The molecule has 96 valence electrons. The van der Waals surface area contributed by atoms with Crippen molar-refractivity contribution in [1.82, 2.24) is 9.97 Å². The average Bonchev–Trinajstić information content (AvgIpc) is 2.88. The zero-order chi connectivity index (χ0) is 13.4. The first-order valence-corrected chi connectivity index (χ1v) is 6.45. The molecular weight excluding hydrogens is 268 g/mol. The molecule has 1 N–H and O–H groups in total. The lowest BCUT2D eigenvalue weighted by Gasteiger charge is -2.06. The normalized spacial score (nSPS) is 10.9. The maximum Gasteiger partial charge on any atom is 0.166 e. The molecular formula is C13H9F2N3S. The van der Waals surface area contributed by atoms with Crippen LogP contribution in [0.25, 0.3) is 21.6 Å². The summed E-state index contributed by atoms with van der Waals surface area (Å²) in [6.45, 7) is 0. The Hall–Kier alpha value is -2.08. The molecule has 0 bridgehead atoms. The Kier molecular flexibility index (Phi) is 2.87. The van der Waals surface area contributed by atoms with E-state index in [-0.39, 0.29) is 11.4 Å². The van der Waals surface area contributed by atoms with Crippen LogP contribution in [0.3, 0.4) is 0 Å². The van der Waals surface area contributed by atoms with Crippen LogP contribution in [-0.4, -0.2) is 17.0 Å². The van der Waals surface area contributed by atoms with Crippen LogP contribution in [0.15, 0.2) is 29.6 Å². The number of rotatable bonds is 2. The lowest BCUT2D eigenvalue weighted by molar-refractivity contribution is 0.602. The minimum atomic E-state index is -0.542.